The molecule has 0 unspecified atom stereocenters. The van der Waals surface area contributed by atoms with Gasteiger partial charge < -0.3 is 0 Å². The largest absolute Gasteiger partial charge is 0.297 e. The van der Waals surface area contributed by atoms with Crippen molar-refractivity contribution in [2.45, 2.75) is 0 Å². The van der Waals surface area contributed by atoms with Gasteiger partial charge >= 0.3 is 0 Å². The predicted octanol–water partition coefficient (Wildman–Crippen LogP) is 0.169. The van der Waals surface area contributed by atoms with Gasteiger partial charge in [0.15, 0.2) is 0 Å². The molecule has 0 fully saturated rings. The van der Waals surface area contributed by atoms with E-state index in [0.717, 1.165) is 5.06 Å². The summed E-state index contributed by atoms with van der Waals surface area (Å²) in [6, 6.07) is 0. The Bertz CT molecular complexity index is 314. The zero-order valence-electron chi connectivity index (χ0n) is 7.39. The van der Waals surface area contributed by atoms with E-state index >= 15 is 0 Å². The molecule has 0 aromatic carbocycles. The van der Waals surface area contributed by atoms with Gasteiger partial charge in [-0.15, -0.1) is 0 Å². The van der Waals surface area contributed by atoms with E-state index < -0.39 is 0 Å². The zero-order chi connectivity index (χ0) is 9.84. The van der Waals surface area contributed by atoms with E-state index in [1.807, 2.05) is 0 Å². The molecule has 1 rings (SSSR count). The van der Waals surface area contributed by atoms with Gasteiger partial charge in [-0.3, -0.25) is 14.6 Å². The highest BCUT2D eigenvalue weighted by Crippen LogP contribution is 1.99. The van der Waals surface area contributed by atoms with Crippen molar-refractivity contribution < 1.29 is 9.63 Å². The van der Waals surface area contributed by atoms with E-state index in [0.29, 0.717) is 0 Å². The van der Waals surface area contributed by atoms with Crippen LogP contribution >= 0.6 is 0 Å². The lowest BCUT2D eigenvalue weighted by Gasteiger charge is -2.12. The van der Waals surface area contributed by atoms with E-state index in [4.69, 9.17) is 6.92 Å². The molecule has 0 saturated carbocycles. The number of rotatable bonds is 2. The first-order valence-electron chi connectivity index (χ1n) is 3.55. The van der Waals surface area contributed by atoms with Crippen molar-refractivity contribution in [2.75, 3.05) is 14.2 Å². The molecule has 0 aliphatic carbocycles. The summed E-state index contributed by atoms with van der Waals surface area (Å²) >= 11 is 0. The van der Waals surface area contributed by atoms with Crippen LogP contribution in [0.15, 0.2) is 12.4 Å². The third kappa shape index (κ3) is 2.22. The Morgan fingerprint density at radius 2 is 2.31 bits per heavy atom. The molecule has 0 N–H and O–H groups in total. The maximum absolute atomic E-state index is 11.4. The summed E-state index contributed by atoms with van der Waals surface area (Å²) in [4.78, 5) is 23.6. The number of carbonyl (C=O) groups excluding carboxylic acids is 1. The summed E-state index contributed by atoms with van der Waals surface area (Å²) in [5, 5.41) is 1.05. The fraction of sp³-hybridized carbons (Fsp3) is 0.250. The summed E-state index contributed by atoms with van der Waals surface area (Å²) in [6.45, 7) is 5.35. The fourth-order valence-electron chi connectivity index (χ4n) is 0.728. The van der Waals surface area contributed by atoms with Crippen molar-refractivity contribution in [2.24, 2.45) is 0 Å². The second-order valence-electron chi connectivity index (χ2n) is 2.31. The molecule has 13 heavy (non-hydrogen) atoms. The van der Waals surface area contributed by atoms with Gasteiger partial charge in [-0.1, -0.05) is 0 Å². The SMILES string of the molecule is [CH]c1cncc(C(=O)N(C)OC)n1. The predicted molar refractivity (Wildman–Crippen MR) is 44.5 cm³/mol. The first kappa shape index (κ1) is 9.60. The normalized spacial score (nSPS) is 9.77. The molecule has 0 atom stereocenters. The van der Waals surface area contributed by atoms with E-state index in [9.17, 15) is 4.79 Å². The zero-order valence-corrected chi connectivity index (χ0v) is 7.39. The fourth-order valence-corrected chi connectivity index (χ4v) is 0.728. The van der Waals surface area contributed by atoms with Crippen molar-refractivity contribution in [1.29, 1.82) is 0 Å². The van der Waals surface area contributed by atoms with Crippen LogP contribution in [0.2, 0.25) is 0 Å². The first-order valence-corrected chi connectivity index (χ1v) is 3.55. The summed E-state index contributed by atoms with van der Waals surface area (Å²) in [7, 11) is 2.87. The van der Waals surface area contributed by atoms with Gasteiger partial charge in [-0.2, -0.15) is 0 Å². The highest BCUT2D eigenvalue weighted by atomic mass is 16.7. The van der Waals surface area contributed by atoms with Crippen LogP contribution in [0.1, 0.15) is 16.2 Å². The third-order valence-corrected chi connectivity index (χ3v) is 1.43. The lowest BCUT2D eigenvalue weighted by molar-refractivity contribution is -0.0760. The topological polar surface area (TPSA) is 55.3 Å². The first-order chi connectivity index (χ1) is 6.15. The van der Waals surface area contributed by atoms with Crippen LogP contribution in [-0.2, 0) is 4.84 Å². The summed E-state index contributed by atoms with van der Waals surface area (Å²) in [5.41, 5.74) is 0.361. The Morgan fingerprint density at radius 1 is 1.62 bits per heavy atom. The van der Waals surface area contributed by atoms with Crippen molar-refractivity contribution in [1.82, 2.24) is 15.0 Å². The third-order valence-electron chi connectivity index (χ3n) is 1.43. The van der Waals surface area contributed by atoms with Crippen LogP contribution in [0.3, 0.4) is 0 Å². The Balaban J connectivity index is 2.89. The van der Waals surface area contributed by atoms with Gasteiger partial charge in [-0.25, -0.2) is 10.0 Å². The average Bonchev–Trinajstić information content (AvgIpc) is 2.15. The number of hydrogen-bond acceptors (Lipinski definition) is 4. The minimum Gasteiger partial charge on any atom is -0.274 e. The van der Waals surface area contributed by atoms with Gasteiger partial charge in [0.25, 0.3) is 5.91 Å². The van der Waals surface area contributed by atoms with Gasteiger partial charge in [0.05, 0.1) is 19.0 Å². The molecule has 5 heteroatoms. The molecule has 5 nitrogen and oxygen atoms in total. The Morgan fingerprint density at radius 3 is 2.85 bits per heavy atom. The van der Waals surface area contributed by atoms with E-state index in [-0.39, 0.29) is 17.3 Å². The molecule has 1 aromatic rings. The van der Waals surface area contributed by atoms with Gasteiger partial charge in [0.2, 0.25) is 0 Å². The number of aromatic nitrogens is 2. The van der Waals surface area contributed by atoms with Crippen LogP contribution in [0.25, 0.3) is 0 Å². The molecule has 1 heterocycles. The molecule has 1 amide bonds. The monoisotopic (exact) mass is 179 g/mol. The lowest BCUT2D eigenvalue weighted by atomic mass is 10.4. The smallest absolute Gasteiger partial charge is 0.274 e. The number of carbonyl (C=O) groups is 1. The van der Waals surface area contributed by atoms with Crippen molar-refractivity contribution in [3.63, 3.8) is 0 Å². The second kappa shape index (κ2) is 3.95. The molecule has 1 aromatic heterocycles. The molecule has 0 spiro atoms. The summed E-state index contributed by atoms with van der Waals surface area (Å²) in [6.07, 6.45) is 2.69. The van der Waals surface area contributed by atoms with Crippen molar-refractivity contribution in [3.8, 4) is 0 Å². The quantitative estimate of drug-likeness (QED) is 0.607. The number of hydrogen-bond donors (Lipinski definition) is 0. The Kier molecular flexibility index (Phi) is 2.92. The molecule has 0 saturated heterocycles. The molecule has 0 aliphatic rings. The highest BCUT2D eigenvalue weighted by molar-refractivity contribution is 5.91. The van der Waals surface area contributed by atoms with Crippen LogP contribution in [-0.4, -0.2) is 35.1 Å². The highest BCUT2D eigenvalue weighted by Gasteiger charge is 2.12. The summed E-state index contributed by atoms with van der Waals surface area (Å²) < 4.78 is 0. The van der Waals surface area contributed by atoms with Crippen LogP contribution in [0, 0.1) is 6.92 Å². The number of hydroxylamine groups is 2. The van der Waals surface area contributed by atoms with Crippen LogP contribution in [0.4, 0.5) is 0 Å². The van der Waals surface area contributed by atoms with Gasteiger partial charge in [0.1, 0.15) is 5.69 Å². The maximum Gasteiger partial charge on any atom is 0.297 e. The van der Waals surface area contributed by atoms with Crippen molar-refractivity contribution in [3.05, 3.63) is 30.7 Å². The summed E-state index contributed by atoms with van der Waals surface area (Å²) in [5.74, 6) is -0.387. The van der Waals surface area contributed by atoms with E-state index in [1.54, 1.807) is 0 Å². The van der Waals surface area contributed by atoms with E-state index in [2.05, 4.69) is 14.8 Å². The van der Waals surface area contributed by atoms with Gasteiger partial charge in [0, 0.05) is 20.2 Å². The lowest BCUT2D eigenvalue weighted by Crippen LogP contribution is -2.26. The average molecular weight is 179 g/mol. The Hall–Kier alpha value is -1.49. The van der Waals surface area contributed by atoms with Crippen LogP contribution in [0.5, 0.6) is 0 Å². The molecule has 0 bridgehead atoms. The minimum atomic E-state index is -0.387. The molecule has 68 valence electrons. The number of amides is 1. The molecule has 2 radical (unpaired) electrons. The second-order valence-corrected chi connectivity index (χ2v) is 2.31. The molecular formula is C8H9N3O2. The van der Waals surface area contributed by atoms with E-state index in [1.165, 1.54) is 26.6 Å². The number of nitrogens with zero attached hydrogens (tertiary/aromatic N) is 3. The molecular weight excluding hydrogens is 170 g/mol. The standard InChI is InChI=1S/C8H9N3O2/c1-6-4-9-5-7(10-6)8(12)11(2)13-3/h1,4-5H,2-3H3. The van der Waals surface area contributed by atoms with Crippen molar-refractivity contribution >= 4 is 5.91 Å². The maximum atomic E-state index is 11.4. The van der Waals surface area contributed by atoms with Crippen LogP contribution < -0.4 is 0 Å². The van der Waals surface area contributed by atoms with Gasteiger partial charge in [-0.05, 0) is 0 Å². The minimum absolute atomic E-state index is 0.157. The molecule has 0 aliphatic heterocycles. The Labute approximate surface area is 76.3 Å².